The number of nitrogens with zero attached hydrogens (tertiary/aromatic N) is 3. The second-order valence-corrected chi connectivity index (χ2v) is 6.44. The molecule has 0 saturated carbocycles. The third-order valence-electron chi connectivity index (χ3n) is 4.23. The van der Waals surface area contributed by atoms with E-state index in [2.05, 4.69) is 38.0 Å². The van der Waals surface area contributed by atoms with Gasteiger partial charge < -0.3 is 4.90 Å². The van der Waals surface area contributed by atoms with Crippen molar-refractivity contribution in [3.8, 4) is 0 Å². The molecule has 0 bridgehead atoms. The monoisotopic (exact) mass is 313 g/mol. The van der Waals surface area contributed by atoms with E-state index in [-0.39, 0.29) is 11.8 Å². The molecule has 0 aliphatic heterocycles. The summed E-state index contributed by atoms with van der Waals surface area (Å²) in [5, 5.41) is 4.27. The van der Waals surface area contributed by atoms with Crippen molar-refractivity contribution in [3.63, 3.8) is 0 Å². The first-order valence-electron chi connectivity index (χ1n) is 8.31. The molecular weight excluding hydrogens is 286 g/mol. The summed E-state index contributed by atoms with van der Waals surface area (Å²) in [6, 6.07) is 10.2. The maximum Gasteiger partial charge on any atom is 0.226 e. The van der Waals surface area contributed by atoms with Crippen LogP contribution in [-0.4, -0.2) is 27.6 Å². The third-order valence-corrected chi connectivity index (χ3v) is 4.23. The maximum absolute atomic E-state index is 12.9. The highest BCUT2D eigenvalue weighted by molar-refractivity contribution is 5.79. The first kappa shape index (κ1) is 17.3. The number of carbonyl (C=O) groups excluding carboxylic acids is 1. The van der Waals surface area contributed by atoms with Gasteiger partial charge in [0.05, 0.1) is 6.20 Å². The molecule has 0 radical (unpaired) electrons. The molecule has 23 heavy (non-hydrogen) atoms. The van der Waals surface area contributed by atoms with Crippen molar-refractivity contribution in [1.29, 1.82) is 0 Å². The lowest BCUT2D eigenvalue weighted by Crippen LogP contribution is -2.36. The molecule has 4 heteroatoms. The molecule has 124 valence electrons. The van der Waals surface area contributed by atoms with Gasteiger partial charge in [0.15, 0.2) is 0 Å². The van der Waals surface area contributed by atoms with Gasteiger partial charge in [0.25, 0.3) is 0 Å². The second-order valence-electron chi connectivity index (χ2n) is 6.44. The lowest BCUT2D eigenvalue weighted by atomic mass is 9.88. The van der Waals surface area contributed by atoms with E-state index < -0.39 is 0 Å². The Morgan fingerprint density at radius 3 is 2.48 bits per heavy atom. The molecule has 0 fully saturated rings. The molecule has 0 unspecified atom stereocenters. The van der Waals surface area contributed by atoms with Crippen molar-refractivity contribution in [3.05, 3.63) is 53.9 Å². The molecule has 1 aromatic heterocycles. The second kappa shape index (κ2) is 7.95. The van der Waals surface area contributed by atoms with Crippen molar-refractivity contribution in [2.45, 2.75) is 40.3 Å². The van der Waals surface area contributed by atoms with E-state index >= 15 is 0 Å². The summed E-state index contributed by atoms with van der Waals surface area (Å²) in [5.41, 5.74) is 2.29. The number of aromatic nitrogens is 2. The van der Waals surface area contributed by atoms with Gasteiger partial charge in [-0.1, -0.05) is 44.2 Å². The minimum atomic E-state index is 0.00335. The quantitative estimate of drug-likeness (QED) is 0.786. The summed E-state index contributed by atoms with van der Waals surface area (Å²) in [6.45, 7) is 7.75. The molecule has 1 heterocycles. The topological polar surface area (TPSA) is 38.1 Å². The van der Waals surface area contributed by atoms with Gasteiger partial charge in [-0.25, -0.2) is 0 Å². The van der Waals surface area contributed by atoms with Crippen molar-refractivity contribution in [1.82, 2.24) is 14.7 Å². The number of amides is 1. The van der Waals surface area contributed by atoms with E-state index in [0.29, 0.717) is 12.5 Å². The average Bonchev–Trinajstić information content (AvgIpc) is 3.00. The lowest BCUT2D eigenvalue weighted by Gasteiger charge is -2.26. The van der Waals surface area contributed by atoms with Crippen molar-refractivity contribution in [2.75, 3.05) is 7.05 Å². The highest BCUT2D eigenvalue weighted by Gasteiger charge is 2.25. The van der Waals surface area contributed by atoms with Gasteiger partial charge in [-0.2, -0.15) is 5.10 Å². The van der Waals surface area contributed by atoms with Crippen LogP contribution in [0.2, 0.25) is 0 Å². The Balaban J connectivity index is 2.04. The van der Waals surface area contributed by atoms with E-state index in [1.165, 1.54) is 5.56 Å². The first-order valence-corrected chi connectivity index (χ1v) is 8.31. The number of aryl methyl sites for hydroxylation is 1. The van der Waals surface area contributed by atoms with Gasteiger partial charge in [0, 0.05) is 37.8 Å². The summed E-state index contributed by atoms with van der Waals surface area (Å²) in [7, 11) is 1.88. The fourth-order valence-corrected chi connectivity index (χ4v) is 2.77. The molecule has 0 saturated heterocycles. The fourth-order valence-electron chi connectivity index (χ4n) is 2.77. The number of rotatable bonds is 7. The molecule has 0 aliphatic carbocycles. The van der Waals surface area contributed by atoms with Crippen LogP contribution in [0.15, 0.2) is 42.7 Å². The van der Waals surface area contributed by atoms with Gasteiger partial charge in [-0.05, 0) is 24.8 Å². The van der Waals surface area contributed by atoms with Crippen molar-refractivity contribution >= 4 is 5.91 Å². The Hall–Kier alpha value is -2.10. The smallest absolute Gasteiger partial charge is 0.226 e. The van der Waals surface area contributed by atoms with E-state index in [0.717, 1.165) is 18.5 Å². The Morgan fingerprint density at radius 1 is 1.22 bits per heavy atom. The number of hydrogen-bond acceptors (Lipinski definition) is 2. The largest absolute Gasteiger partial charge is 0.341 e. The molecule has 0 spiro atoms. The Bertz CT molecular complexity index is 619. The normalized spacial score (nSPS) is 12.4. The highest BCUT2D eigenvalue weighted by atomic mass is 16.2. The predicted octanol–water partition coefficient (Wildman–Crippen LogP) is 3.38. The van der Waals surface area contributed by atoms with Gasteiger partial charge in [0.2, 0.25) is 5.91 Å². The minimum Gasteiger partial charge on any atom is -0.341 e. The fraction of sp³-hybridized carbons (Fsp3) is 0.474. The number of hydrogen-bond donors (Lipinski definition) is 0. The first-order chi connectivity index (χ1) is 11.0. The Kier molecular flexibility index (Phi) is 5.97. The summed E-state index contributed by atoms with van der Waals surface area (Å²) < 4.78 is 1.89. The van der Waals surface area contributed by atoms with Crippen molar-refractivity contribution in [2.24, 2.45) is 11.8 Å². The highest BCUT2D eigenvalue weighted by Crippen LogP contribution is 2.20. The SMILES string of the molecule is CCn1cc(CN(C)C(=O)[C@@H](Cc2ccccc2)C(C)C)cn1. The van der Waals surface area contributed by atoms with Crippen LogP contribution >= 0.6 is 0 Å². The summed E-state index contributed by atoms with van der Waals surface area (Å²) >= 11 is 0. The van der Waals surface area contributed by atoms with E-state index in [4.69, 9.17) is 0 Å². The van der Waals surface area contributed by atoms with Crippen LogP contribution in [0, 0.1) is 11.8 Å². The van der Waals surface area contributed by atoms with Crippen LogP contribution in [0.1, 0.15) is 31.9 Å². The molecule has 1 amide bonds. The van der Waals surface area contributed by atoms with Crippen LogP contribution in [-0.2, 0) is 24.3 Å². The van der Waals surface area contributed by atoms with E-state index in [1.807, 2.05) is 47.2 Å². The molecule has 1 atom stereocenters. The summed E-state index contributed by atoms with van der Waals surface area (Å²) in [4.78, 5) is 14.7. The number of benzene rings is 1. The number of carbonyl (C=O) groups is 1. The van der Waals surface area contributed by atoms with Gasteiger partial charge in [-0.3, -0.25) is 9.48 Å². The Labute approximate surface area is 139 Å². The zero-order valence-corrected chi connectivity index (χ0v) is 14.6. The zero-order chi connectivity index (χ0) is 16.8. The van der Waals surface area contributed by atoms with Crippen molar-refractivity contribution < 1.29 is 4.79 Å². The third kappa shape index (κ3) is 4.68. The minimum absolute atomic E-state index is 0.00335. The molecule has 2 aromatic rings. The van der Waals surface area contributed by atoms with Crippen LogP contribution in [0.5, 0.6) is 0 Å². The van der Waals surface area contributed by atoms with Crippen LogP contribution in [0.25, 0.3) is 0 Å². The van der Waals surface area contributed by atoms with Crippen LogP contribution < -0.4 is 0 Å². The molecule has 1 aromatic carbocycles. The van der Waals surface area contributed by atoms with Gasteiger partial charge in [-0.15, -0.1) is 0 Å². The predicted molar refractivity (Wildman–Crippen MR) is 92.8 cm³/mol. The summed E-state index contributed by atoms with van der Waals surface area (Å²) in [6.07, 6.45) is 4.64. The maximum atomic E-state index is 12.9. The average molecular weight is 313 g/mol. The molecule has 2 rings (SSSR count). The van der Waals surface area contributed by atoms with E-state index in [9.17, 15) is 4.79 Å². The zero-order valence-electron chi connectivity index (χ0n) is 14.6. The molecule has 0 N–H and O–H groups in total. The van der Waals surface area contributed by atoms with E-state index in [1.54, 1.807) is 0 Å². The summed E-state index contributed by atoms with van der Waals surface area (Å²) in [5.74, 6) is 0.514. The standard InChI is InChI=1S/C19H27N3O/c1-5-22-14-17(12-20-22)13-21(4)19(23)18(15(2)3)11-16-9-7-6-8-10-16/h6-10,12,14-15,18H,5,11,13H2,1-4H3/t18-/m0/s1. The molecule has 0 aliphatic rings. The molecule has 4 nitrogen and oxygen atoms in total. The van der Waals surface area contributed by atoms with Gasteiger partial charge >= 0.3 is 0 Å². The lowest BCUT2D eigenvalue weighted by molar-refractivity contribution is -0.136. The van der Waals surface area contributed by atoms with Crippen LogP contribution in [0.4, 0.5) is 0 Å². The van der Waals surface area contributed by atoms with Crippen LogP contribution in [0.3, 0.4) is 0 Å². The molecular formula is C19H27N3O. The Morgan fingerprint density at radius 2 is 1.91 bits per heavy atom. The van der Waals surface area contributed by atoms with Gasteiger partial charge in [0.1, 0.15) is 0 Å².